The van der Waals surface area contributed by atoms with Crippen molar-refractivity contribution in [3.05, 3.63) is 103 Å². The predicted molar refractivity (Wildman–Crippen MR) is 197 cm³/mol. The Bertz CT molecular complexity index is 1260. The van der Waals surface area contributed by atoms with Gasteiger partial charge >= 0.3 is 11.9 Å². The second-order valence-electron chi connectivity index (χ2n) is 12.8. The normalized spacial score (nSPS) is 11.3. The molecule has 0 saturated carbocycles. The Morgan fingerprint density at radius 3 is 1.30 bits per heavy atom. The van der Waals surface area contributed by atoms with Crippen molar-refractivity contribution in [2.75, 3.05) is 0 Å². The molecule has 0 amide bonds. The highest BCUT2D eigenvalue weighted by molar-refractivity contribution is 7.95. The summed E-state index contributed by atoms with van der Waals surface area (Å²) in [7, 11) is 0. The van der Waals surface area contributed by atoms with Crippen LogP contribution in [0.5, 0.6) is 0 Å². The van der Waals surface area contributed by atoms with Gasteiger partial charge in [-0.3, -0.25) is 0 Å². The van der Waals surface area contributed by atoms with Gasteiger partial charge in [-0.2, -0.15) is 0 Å². The first-order valence-corrected chi connectivity index (χ1v) is 18.1. The maximum atomic E-state index is 12.9. The summed E-state index contributed by atoms with van der Waals surface area (Å²) in [5.74, 6) is 1.29. The number of carbonyl (C=O) groups is 3. The molecule has 250 valence electrons. The van der Waals surface area contributed by atoms with Gasteiger partial charge in [0.05, 0.1) is 0 Å². The van der Waals surface area contributed by atoms with Crippen LogP contribution in [0.3, 0.4) is 0 Å². The van der Waals surface area contributed by atoms with E-state index in [9.17, 15) is 14.4 Å². The maximum absolute atomic E-state index is 12.9. The molecule has 0 unspecified atom stereocenters. The molecule has 6 heteroatoms. The minimum absolute atomic E-state index is 0.247. The molecule has 0 radical (unpaired) electrons. The van der Waals surface area contributed by atoms with E-state index < -0.39 is 12.5 Å². The number of aldehydes is 1. The van der Waals surface area contributed by atoms with Crippen LogP contribution >= 0.6 is 6.89 Å². The Morgan fingerprint density at radius 2 is 0.978 bits per heavy atom. The van der Waals surface area contributed by atoms with Gasteiger partial charge in [-0.15, -0.1) is 0 Å². The molecule has 0 atom stereocenters. The van der Waals surface area contributed by atoms with Gasteiger partial charge in [0.25, 0.3) is 0 Å². The van der Waals surface area contributed by atoms with Gasteiger partial charge in [-0.1, -0.05) is 130 Å². The number of benzene rings is 3. The summed E-state index contributed by atoms with van der Waals surface area (Å²) in [5.41, 5.74) is -0.917. The van der Waals surface area contributed by atoms with Gasteiger partial charge < -0.3 is 14.3 Å². The van der Waals surface area contributed by atoms with Crippen LogP contribution in [0.1, 0.15) is 93.9 Å². The molecule has 0 aliphatic rings. The number of allylic oxidation sites excluding steroid dienone is 1. The van der Waals surface area contributed by atoms with Crippen LogP contribution in [-0.4, -0.2) is 35.2 Å². The number of rotatable bonds is 11. The fourth-order valence-corrected chi connectivity index (χ4v) is 7.91. The number of hydrogen-bond donors (Lipinski definition) is 0. The Balaban J connectivity index is 0.000000463. The standard InChI is InChI=1S/C24H25O2P.C11H20O2.C5H10O/c1-24(2,3)26-23(25)19-27(20-13-7-4-8-14-20,21-15-9-5-10-16-21)22-17-11-6-12-18-22;1-5-6-7-8-9-10(12)13-11(2,3)4;1-2-3-4-5-6/h4-19H,1-3H3;8-9H,5-7H2,1-4H3;5H,2-4H2,1H3/b;9-8+;. The van der Waals surface area contributed by atoms with E-state index in [0.717, 1.165) is 60.7 Å². The lowest BCUT2D eigenvalue weighted by Crippen LogP contribution is -2.31. The average molecular weight is 647 g/mol. The summed E-state index contributed by atoms with van der Waals surface area (Å²) in [6.45, 7) is 13.2. The molecule has 3 rings (SSSR count). The lowest BCUT2D eigenvalue weighted by molar-refractivity contribution is -0.148. The van der Waals surface area contributed by atoms with Crippen molar-refractivity contribution >= 4 is 46.8 Å². The fourth-order valence-electron chi connectivity index (χ4n) is 4.27. The summed E-state index contributed by atoms with van der Waals surface area (Å²) in [5, 5.41) is 3.40. The monoisotopic (exact) mass is 646 g/mol. The summed E-state index contributed by atoms with van der Waals surface area (Å²) in [6.07, 6.45) is 10.5. The largest absolute Gasteiger partial charge is 0.457 e. The van der Waals surface area contributed by atoms with Gasteiger partial charge in [0.2, 0.25) is 0 Å². The van der Waals surface area contributed by atoms with E-state index in [-0.39, 0.29) is 17.5 Å². The highest BCUT2D eigenvalue weighted by Gasteiger charge is 2.28. The molecule has 0 heterocycles. The first kappa shape index (κ1) is 40.3. The van der Waals surface area contributed by atoms with E-state index in [1.54, 1.807) is 0 Å². The molecule has 0 bridgehead atoms. The molecule has 0 aliphatic carbocycles. The molecule has 0 aromatic heterocycles. The van der Waals surface area contributed by atoms with Crippen molar-refractivity contribution in [3.63, 3.8) is 0 Å². The summed E-state index contributed by atoms with van der Waals surface area (Å²) in [6, 6.07) is 30.8. The first-order valence-electron chi connectivity index (χ1n) is 16.3. The van der Waals surface area contributed by atoms with Gasteiger partial charge in [-0.05, 0) is 77.2 Å². The topological polar surface area (TPSA) is 69.7 Å². The maximum Gasteiger partial charge on any atom is 0.332 e. The summed E-state index contributed by atoms with van der Waals surface area (Å²) < 4.78 is 10.8. The Hall–Kier alpha value is -3.69. The quantitative estimate of drug-likeness (QED) is 0.0686. The molecule has 0 aliphatic heterocycles. The SMILES string of the molecule is CC(C)(C)OC(=O)C=P(c1ccccc1)(c1ccccc1)c1ccccc1.CCCC/C=C/C(=O)OC(C)(C)C.CCCCC=O. The first-order chi connectivity index (χ1) is 21.8. The molecule has 3 aromatic rings. The Kier molecular flexibility index (Phi) is 18.6. The van der Waals surface area contributed by atoms with E-state index in [0.29, 0.717) is 0 Å². The predicted octanol–water partition coefficient (Wildman–Crippen LogP) is 8.57. The molecule has 0 spiro atoms. The smallest absolute Gasteiger partial charge is 0.332 e. The van der Waals surface area contributed by atoms with Gasteiger partial charge in [0.15, 0.2) is 0 Å². The average Bonchev–Trinajstić information content (AvgIpc) is 3.01. The van der Waals surface area contributed by atoms with Crippen molar-refractivity contribution in [2.45, 2.75) is 105 Å². The fraction of sp³-hybridized carbons (Fsp3) is 0.400. The van der Waals surface area contributed by atoms with E-state index in [2.05, 4.69) is 50.2 Å². The molecule has 46 heavy (non-hydrogen) atoms. The highest BCUT2D eigenvalue weighted by atomic mass is 31.2. The minimum Gasteiger partial charge on any atom is -0.457 e. The van der Waals surface area contributed by atoms with Crippen molar-refractivity contribution in [2.24, 2.45) is 0 Å². The van der Waals surface area contributed by atoms with Crippen molar-refractivity contribution in [1.82, 2.24) is 0 Å². The van der Waals surface area contributed by atoms with Gasteiger partial charge in [0, 0.05) is 18.3 Å². The summed E-state index contributed by atoms with van der Waals surface area (Å²) >= 11 is 0. The molecular weight excluding hydrogens is 591 g/mol. The lowest BCUT2D eigenvalue weighted by Gasteiger charge is -2.29. The van der Waals surface area contributed by atoms with Crippen molar-refractivity contribution in [3.8, 4) is 0 Å². The van der Waals surface area contributed by atoms with Crippen LogP contribution in [-0.2, 0) is 23.9 Å². The van der Waals surface area contributed by atoms with Crippen LogP contribution in [0.15, 0.2) is 103 Å². The van der Waals surface area contributed by atoms with E-state index >= 15 is 0 Å². The molecule has 5 nitrogen and oxygen atoms in total. The molecule has 3 aromatic carbocycles. The van der Waals surface area contributed by atoms with Crippen LogP contribution in [0, 0.1) is 0 Å². The second-order valence-corrected chi connectivity index (χ2v) is 16.0. The van der Waals surface area contributed by atoms with Crippen LogP contribution < -0.4 is 15.9 Å². The highest BCUT2D eigenvalue weighted by Crippen LogP contribution is 2.43. The number of ether oxygens (including phenoxy) is 2. The number of esters is 2. The molecule has 0 saturated heterocycles. The third kappa shape index (κ3) is 16.0. The zero-order valence-corrected chi connectivity index (χ0v) is 30.1. The zero-order chi connectivity index (χ0) is 34.5. The van der Waals surface area contributed by atoms with Crippen LogP contribution in [0.4, 0.5) is 0 Å². The van der Waals surface area contributed by atoms with Gasteiger partial charge in [0.1, 0.15) is 17.5 Å². The van der Waals surface area contributed by atoms with E-state index in [4.69, 9.17) is 9.47 Å². The third-order valence-corrected chi connectivity index (χ3v) is 10.2. The third-order valence-electron chi connectivity index (χ3n) is 6.26. The van der Waals surface area contributed by atoms with Crippen molar-refractivity contribution < 1.29 is 23.9 Å². The zero-order valence-electron chi connectivity index (χ0n) is 29.2. The van der Waals surface area contributed by atoms with Crippen LogP contribution in [0.25, 0.3) is 0 Å². The van der Waals surface area contributed by atoms with Gasteiger partial charge in [-0.25, -0.2) is 9.59 Å². The Morgan fingerprint density at radius 1 is 0.609 bits per heavy atom. The Labute approximate surface area is 278 Å². The number of unbranched alkanes of at least 4 members (excludes halogenated alkanes) is 4. The lowest BCUT2D eigenvalue weighted by atomic mass is 10.2. The number of carbonyl (C=O) groups excluding carboxylic acids is 3. The minimum atomic E-state index is -2.29. The summed E-state index contributed by atoms with van der Waals surface area (Å²) in [4.78, 5) is 33.6. The van der Waals surface area contributed by atoms with Crippen molar-refractivity contribution in [1.29, 1.82) is 0 Å². The molecule has 0 N–H and O–H groups in total. The van der Waals surface area contributed by atoms with Crippen LogP contribution in [0.2, 0.25) is 0 Å². The number of hydrogen-bond acceptors (Lipinski definition) is 5. The molecule has 0 fully saturated rings. The van der Waals surface area contributed by atoms with E-state index in [1.165, 1.54) is 6.08 Å². The van der Waals surface area contributed by atoms with E-state index in [1.807, 2.05) is 108 Å². The second kappa shape index (κ2) is 21.2. The molecular formula is C40H55O5P.